The number of carbonyl (C=O) groups excluding carboxylic acids is 3. The van der Waals surface area contributed by atoms with Crippen LogP contribution in [0.3, 0.4) is 0 Å². The largest absolute Gasteiger partial charge is 0.496 e. The lowest BCUT2D eigenvalue weighted by Gasteiger charge is -2.39. The maximum Gasteiger partial charge on any atom is 0.410 e. The molecule has 3 amide bonds. The van der Waals surface area contributed by atoms with Crippen molar-refractivity contribution in [3.8, 4) is 11.5 Å². The Morgan fingerprint density at radius 3 is 2.35 bits per heavy atom. The Morgan fingerprint density at radius 1 is 0.941 bits per heavy atom. The Bertz CT molecular complexity index is 1570. The van der Waals surface area contributed by atoms with Gasteiger partial charge in [-0.05, 0) is 69.0 Å². The number of nitrogens with zero attached hydrogens (tertiary/aromatic N) is 2. The van der Waals surface area contributed by atoms with Gasteiger partial charge in [0.15, 0.2) is 0 Å². The van der Waals surface area contributed by atoms with E-state index in [1.807, 2.05) is 93.6 Å². The molecule has 0 bridgehead atoms. The third-order valence-electron chi connectivity index (χ3n) is 8.59. The van der Waals surface area contributed by atoms with E-state index in [1.54, 1.807) is 24.0 Å². The van der Waals surface area contributed by atoms with Gasteiger partial charge in [0, 0.05) is 50.7 Å². The second-order valence-electron chi connectivity index (χ2n) is 13.6. The second-order valence-corrected chi connectivity index (χ2v) is 13.6. The molecular formula is C40H53N3O8. The highest BCUT2D eigenvalue weighted by molar-refractivity contribution is 5.94. The van der Waals surface area contributed by atoms with Crippen molar-refractivity contribution in [1.82, 2.24) is 10.2 Å². The van der Waals surface area contributed by atoms with Crippen molar-refractivity contribution in [2.45, 2.75) is 71.2 Å². The molecular weight excluding hydrogens is 650 g/mol. The SMILES string of the molecule is COc1ccccc1COCCCOc1ccc(C2CCN(C(=O)OC(C)(C)C)CC2OCC(=O)N(C)c2ccccc2CCNC(C)=O)cc1. The van der Waals surface area contributed by atoms with Crippen LogP contribution in [-0.4, -0.2) is 88.1 Å². The number of likely N-dealkylation sites (N-methyl/N-ethyl adjacent to an activating group) is 1. The zero-order chi connectivity index (χ0) is 36.8. The first kappa shape index (κ1) is 39.2. The van der Waals surface area contributed by atoms with Crippen LogP contribution in [0.5, 0.6) is 11.5 Å². The molecule has 51 heavy (non-hydrogen) atoms. The summed E-state index contributed by atoms with van der Waals surface area (Å²) in [7, 11) is 3.37. The molecule has 2 atom stereocenters. The minimum absolute atomic E-state index is 0.0517. The summed E-state index contributed by atoms with van der Waals surface area (Å²) in [6.07, 6.45) is 1.12. The van der Waals surface area contributed by atoms with Gasteiger partial charge in [-0.2, -0.15) is 0 Å². The number of ether oxygens (including phenoxy) is 5. The average molecular weight is 704 g/mol. The summed E-state index contributed by atoms with van der Waals surface area (Å²) in [6.45, 7) is 9.64. The Balaban J connectivity index is 1.35. The van der Waals surface area contributed by atoms with E-state index in [-0.39, 0.29) is 30.9 Å². The van der Waals surface area contributed by atoms with Gasteiger partial charge in [-0.25, -0.2) is 4.79 Å². The number of benzene rings is 3. The molecule has 11 heteroatoms. The van der Waals surface area contributed by atoms with E-state index in [2.05, 4.69) is 5.32 Å². The van der Waals surface area contributed by atoms with Gasteiger partial charge in [-0.3, -0.25) is 9.59 Å². The van der Waals surface area contributed by atoms with Crippen molar-refractivity contribution in [2.24, 2.45) is 0 Å². The van der Waals surface area contributed by atoms with E-state index in [0.29, 0.717) is 45.8 Å². The molecule has 3 aromatic rings. The van der Waals surface area contributed by atoms with Gasteiger partial charge < -0.3 is 38.8 Å². The third kappa shape index (κ3) is 12.3. The number of carbonyl (C=O) groups is 3. The molecule has 3 aromatic carbocycles. The fourth-order valence-corrected chi connectivity index (χ4v) is 5.96. The summed E-state index contributed by atoms with van der Waals surface area (Å²) in [5, 5.41) is 2.81. The van der Waals surface area contributed by atoms with Gasteiger partial charge in [-0.15, -0.1) is 0 Å². The number of hydrogen-bond acceptors (Lipinski definition) is 8. The van der Waals surface area contributed by atoms with E-state index in [0.717, 1.165) is 40.3 Å². The lowest BCUT2D eigenvalue weighted by Crippen LogP contribution is -2.49. The maximum atomic E-state index is 13.5. The van der Waals surface area contributed by atoms with Gasteiger partial charge in [-0.1, -0.05) is 48.5 Å². The number of hydrogen-bond donors (Lipinski definition) is 1. The van der Waals surface area contributed by atoms with Crippen molar-refractivity contribution >= 4 is 23.6 Å². The van der Waals surface area contributed by atoms with Gasteiger partial charge in [0.05, 0.1) is 39.6 Å². The van der Waals surface area contributed by atoms with E-state index < -0.39 is 17.8 Å². The molecule has 0 aliphatic carbocycles. The van der Waals surface area contributed by atoms with Crippen LogP contribution in [0.15, 0.2) is 72.8 Å². The smallest absolute Gasteiger partial charge is 0.410 e. The average Bonchev–Trinajstić information content (AvgIpc) is 3.11. The Labute approximate surface area is 302 Å². The van der Waals surface area contributed by atoms with Crippen LogP contribution in [-0.2, 0) is 36.8 Å². The number of para-hydroxylation sites is 2. The first-order chi connectivity index (χ1) is 24.4. The first-order valence-corrected chi connectivity index (χ1v) is 17.6. The summed E-state index contributed by atoms with van der Waals surface area (Å²) >= 11 is 0. The number of amides is 3. The molecule has 276 valence electrons. The van der Waals surface area contributed by atoms with Gasteiger partial charge in [0.25, 0.3) is 5.91 Å². The fraction of sp³-hybridized carbons (Fsp3) is 0.475. The number of methoxy groups -OCH3 is 1. The van der Waals surface area contributed by atoms with Crippen LogP contribution in [0.1, 0.15) is 63.1 Å². The fourth-order valence-electron chi connectivity index (χ4n) is 5.96. The second kappa shape index (κ2) is 19.1. The Hall–Kier alpha value is -4.61. The highest BCUT2D eigenvalue weighted by atomic mass is 16.6. The highest BCUT2D eigenvalue weighted by Gasteiger charge is 2.35. The van der Waals surface area contributed by atoms with E-state index in [1.165, 1.54) is 6.92 Å². The van der Waals surface area contributed by atoms with E-state index in [9.17, 15) is 14.4 Å². The quantitative estimate of drug-likeness (QED) is 0.177. The van der Waals surface area contributed by atoms with Gasteiger partial charge in [0.2, 0.25) is 5.91 Å². The van der Waals surface area contributed by atoms with Crippen molar-refractivity contribution < 1.29 is 38.1 Å². The molecule has 0 spiro atoms. The van der Waals surface area contributed by atoms with Crippen LogP contribution in [0.2, 0.25) is 0 Å². The number of anilines is 1. The number of rotatable bonds is 16. The zero-order valence-corrected chi connectivity index (χ0v) is 30.8. The molecule has 4 rings (SSSR count). The van der Waals surface area contributed by atoms with Crippen LogP contribution in [0.4, 0.5) is 10.5 Å². The molecule has 1 aliphatic rings. The van der Waals surface area contributed by atoms with Crippen LogP contribution < -0.4 is 19.7 Å². The summed E-state index contributed by atoms with van der Waals surface area (Å²) in [5.41, 5.74) is 3.11. The summed E-state index contributed by atoms with van der Waals surface area (Å²) in [6, 6.07) is 23.4. The van der Waals surface area contributed by atoms with E-state index >= 15 is 0 Å². The summed E-state index contributed by atoms with van der Waals surface area (Å²) in [4.78, 5) is 41.1. The minimum Gasteiger partial charge on any atom is -0.496 e. The first-order valence-electron chi connectivity index (χ1n) is 17.6. The third-order valence-corrected chi connectivity index (χ3v) is 8.59. The maximum absolute atomic E-state index is 13.5. The minimum atomic E-state index is -0.631. The molecule has 0 saturated carbocycles. The lowest BCUT2D eigenvalue weighted by molar-refractivity contribution is -0.126. The van der Waals surface area contributed by atoms with E-state index in [4.69, 9.17) is 23.7 Å². The lowest BCUT2D eigenvalue weighted by atomic mass is 9.87. The number of nitrogens with one attached hydrogen (secondary N) is 1. The number of likely N-dealkylation sites (tertiary alicyclic amines) is 1. The molecule has 0 aromatic heterocycles. The van der Waals surface area contributed by atoms with Gasteiger partial charge in [0.1, 0.15) is 23.7 Å². The molecule has 11 nitrogen and oxygen atoms in total. The summed E-state index contributed by atoms with van der Waals surface area (Å²) < 4.78 is 29.2. The zero-order valence-electron chi connectivity index (χ0n) is 30.8. The molecule has 0 radical (unpaired) electrons. The molecule has 1 saturated heterocycles. The predicted molar refractivity (Wildman–Crippen MR) is 196 cm³/mol. The van der Waals surface area contributed by atoms with Gasteiger partial charge >= 0.3 is 6.09 Å². The molecule has 1 fully saturated rings. The normalized spacial score (nSPS) is 15.9. The van der Waals surface area contributed by atoms with Crippen molar-refractivity contribution in [3.63, 3.8) is 0 Å². The molecule has 1 aliphatic heterocycles. The van der Waals surface area contributed by atoms with Crippen LogP contribution in [0.25, 0.3) is 0 Å². The standard InChI is InChI=1S/C40H53N3O8/c1-29(44)41-22-20-31-12-7-9-14-35(31)42(5)38(45)28-50-37-26-43(39(46)51-40(2,3)4)23-21-34(37)30-16-18-33(19-17-30)49-25-11-24-48-27-32-13-8-10-15-36(32)47-6/h7-10,12-19,34,37H,11,20-28H2,1-6H3,(H,41,44). The molecule has 2 unspecified atom stereocenters. The van der Waals surface area contributed by atoms with Crippen LogP contribution in [0, 0.1) is 0 Å². The Morgan fingerprint density at radius 2 is 1.65 bits per heavy atom. The van der Waals surface area contributed by atoms with Crippen molar-refractivity contribution in [1.29, 1.82) is 0 Å². The van der Waals surface area contributed by atoms with Crippen LogP contribution >= 0.6 is 0 Å². The number of piperidine rings is 1. The topological polar surface area (TPSA) is 116 Å². The monoisotopic (exact) mass is 703 g/mol. The summed E-state index contributed by atoms with van der Waals surface area (Å²) in [5.74, 6) is 1.20. The molecule has 1 heterocycles. The predicted octanol–water partition coefficient (Wildman–Crippen LogP) is 6.13. The Kier molecular flexibility index (Phi) is 14.7. The van der Waals surface area contributed by atoms with Crippen molar-refractivity contribution in [3.05, 3.63) is 89.5 Å². The highest BCUT2D eigenvalue weighted by Crippen LogP contribution is 2.33. The molecule has 1 N–H and O–H groups in total. The van der Waals surface area contributed by atoms with Crippen molar-refractivity contribution in [2.75, 3.05) is 58.5 Å².